The van der Waals surface area contributed by atoms with Gasteiger partial charge in [0.25, 0.3) is 5.91 Å². The maximum atomic E-state index is 12.1. The van der Waals surface area contributed by atoms with Gasteiger partial charge in [-0.05, 0) is 48.4 Å². The average Bonchev–Trinajstić information content (AvgIpc) is 2.71. The molecule has 0 aliphatic carbocycles. The lowest BCUT2D eigenvalue weighted by Crippen LogP contribution is -2.22. The molecule has 2 aromatic carbocycles. The Kier molecular flexibility index (Phi) is 7.77. The van der Waals surface area contributed by atoms with E-state index in [-0.39, 0.29) is 24.3 Å². The van der Waals surface area contributed by atoms with E-state index in [0.29, 0.717) is 24.1 Å². The molecule has 0 aromatic heterocycles. The molecule has 0 spiro atoms. The first kappa shape index (κ1) is 21.9. The van der Waals surface area contributed by atoms with Crippen LogP contribution in [0, 0.1) is 0 Å². The van der Waals surface area contributed by atoms with Crippen LogP contribution in [0.4, 0.5) is 11.4 Å². The molecule has 2 rings (SSSR count). The molecule has 154 valence electrons. The summed E-state index contributed by atoms with van der Waals surface area (Å²) < 4.78 is 0. The molecule has 3 amide bonds. The first-order valence-electron chi connectivity index (χ1n) is 9.41. The number of nitrogens with zero attached hydrogens (tertiary/aromatic N) is 2. The van der Waals surface area contributed by atoms with E-state index < -0.39 is 0 Å². The van der Waals surface area contributed by atoms with Gasteiger partial charge in [0, 0.05) is 51.5 Å². The zero-order valence-corrected chi connectivity index (χ0v) is 17.4. The summed E-state index contributed by atoms with van der Waals surface area (Å²) in [6.45, 7) is 0.111. The van der Waals surface area contributed by atoms with Crippen LogP contribution in [-0.2, 0) is 16.0 Å². The summed E-state index contributed by atoms with van der Waals surface area (Å²) in [5.41, 5.74) is 3.10. The van der Waals surface area contributed by atoms with Gasteiger partial charge in [-0.2, -0.15) is 0 Å². The van der Waals surface area contributed by atoms with E-state index >= 15 is 0 Å². The van der Waals surface area contributed by atoms with Gasteiger partial charge in [0.1, 0.15) is 0 Å². The number of carbonyl (C=O) groups is 3. The van der Waals surface area contributed by atoms with Crippen LogP contribution in [0.15, 0.2) is 48.5 Å². The summed E-state index contributed by atoms with van der Waals surface area (Å²) in [7, 11) is 6.89. The summed E-state index contributed by atoms with van der Waals surface area (Å²) in [4.78, 5) is 38.8. The van der Waals surface area contributed by atoms with Gasteiger partial charge in [-0.25, -0.2) is 0 Å². The molecule has 0 saturated carbocycles. The van der Waals surface area contributed by atoms with Crippen LogP contribution in [0.25, 0.3) is 0 Å². The maximum Gasteiger partial charge on any atom is 0.253 e. The van der Waals surface area contributed by atoms with Crippen molar-refractivity contribution in [3.8, 4) is 0 Å². The lowest BCUT2D eigenvalue weighted by Gasteiger charge is -2.12. The van der Waals surface area contributed by atoms with Crippen LogP contribution in [0.3, 0.4) is 0 Å². The molecule has 0 fully saturated rings. The van der Waals surface area contributed by atoms with Crippen LogP contribution in [-0.4, -0.2) is 62.3 Å². The highest BCUT2D eigenvalue weighted by Gasteiger charge is 2.08. The van der Waals surface area contributed by atoms with Crippen molar-refractivity contribution in [3.63, 3.8) is 0 Å². The Hall–Kier alpha value is -3.35. The fourth-order valence-corrected chi connectivity index (χ4v) is 2.61. The minimum absolute atomic E-state index is 0.0659. The number of hydrogen-bond donors (Lipinski definition) is 2. The van der Waals surface area contributed by atoms with E-state index in [1.807, 2.05) is 24.3 Å². The third-order valence-corrected chi connectivity index (χ3v) is 4.36. The van der Waals surface area contributed by atoms with E-state index in [1.54, 1.807) is 57.4 Å². The van der Waals surface area contributed by atoms with Crippen LogP contribution in [0.1, 0.15) is 22.3 Å². The molecule has 0 aliphatic heterocycles. The second kappa shape index (κ2) is 10.3. The van der Waals surface area contributed by atoms with Gasteiger partial charge in [0.2, 0.25) is 11.8 Å². The summed E-state index contributed by atoms with van der Waals surface area (Å²) in [6.07, 6.45) is 1.13. The third kappa shape index (κ3) is 6.95. The number of benzene rings is 2. The molecule has 7 heteroatoms. The largest absolute Gasteiger partial charge is 0.376 e. The number of nitrogens with one attached hydrogen (secondary N) is 2. The van der Waals surface area contributed by atoms with Crippen LogP contribution < -0.4 is 10.6 Å². The Balaban J connectivity index is 1.80. The molecular weight excluding hydrogens is 368 g/mol. The van der Waals surface area contributed by atoms with Crippen molar-refractivity contribution in [1.29, 1.82) is 0 Å². The normalized spacial score (nSPS) is 10.2. The summed E-state index contributed by atoms with van der Waals surface area (Å²) >= 11 is 0. The van der Waals surface area contributed by atoms with E-state index in [1.165, 1.54) is 4.90 Å². The van der Waals surface area contributed by atoms with Crippen molar-refractivity contribution in [2.75, 3.05) is 45.4 Å². The van der Waals surface area contributed by atoms with Gasteiger partial charge in [-0.15, -0.1) is 0 Å². The SMILES string of the molecule is CN(C)C(=O)CCc1ccc(NC(=O)CNc2ccc(C(=O)N(C)C)cc2)cc1. The topological polar surface area (TPSA) is 81.8 Å². The molecule has 2 N–H and O–H groups in total. The van der Waals surface area contributed by atoms with Crippen LogP contribution in [0.5, 0.6) is 0 Å². The molecular formula is C22H28N4O3. The summed E-state index contributed by atoms with van der Waals surface area (Å²) in [5, 5.41) is 5.87. The van der Waals surface area contributed by atoms with Crippen LogP contribution >= 0.6 is 0 Å². The zero-order valence-electron chi connectivity index (χ0n) is 17.4. The van der Waals surface area contributed by atoms with Crippen molar-refractivity contribution in [3.05, 3.63) is 59.7 Å². The van der Waals surface area contributed by atoms with Gasteiger partial charge in [-0.3, -0.25) is 14.4 Å². The first-order chi connectivity index (χ1) is 13.8. The van der Waals surface area contributed by atoms with Crippen molar-refractivity contribution in [2.45, 2.75) is 12.8 Å². The number of rotatable bonds is 8. The van der Waals surface area contributed by atoms with Crippen LogP contribution in [0.2, 0.25) is 0 Å². The Morgan fingerprint density at radius 3 is 1.93 bits per heavy atom. The Labute approximate surface area is 171 Å². The average molecular weight is 396 g/mol. The highest BCUT2D eigenvalue weighted by molar-refractivity contribution is 5.95. The number of anilines is 2. The quantitative estimate of drug-likeness (QED) is 0.718. The molecule has 0 bridgehead atoms. The Bertz CT molecular complexity index is 843. The highest BCUT2D eigenvalue weighted by Crippen LogP contribution is 2.13. The van der Waals surface area contributed by atoms with Gasteiger partial charge >= 0.3 is 0 Å². The molecule has 29 heavy (non-hydrogen) atoms. The van der Waals surface area contributed by atoms with E-state index in [9.17, 15) is 14.4 Å². The Morgan fingerprint density at radius 2 is 1.38 bits per heavy atom. The summed E-state index contributed by atoms with van der Waals surface area (Å²) in [5.74, 6) is -0.148. The fourth-order valence-electron chi connectivity index (χ4n) is 2.61. The maximum absolute atomic E-state index is 12.1. The predicted molar refractivity (Wildman–Crippen MR) is 115 cm³/mol. The van der Waals surface area contributed by atoms with E-state index in [0.717, 1.165) is 11.3 Å². The van der Waals surface area contributed by atoms with Crippen molar-refractivity contribution < 1.29 is 14.4 Å². The predicted octanol–water partition coefficient (Wildman–Crippen LogP) is 2.46. The van der Waals surface area contributed by atoms with Gasteiger partial charge < -0.3 is 20.4 Å². The summed E-state index contributed by atoms with van der Waals surface area (Å²) in [6, 6.07) is 14.5. The van der Waals surface area contributed by atoms with E-state index in [2.05, 4.69) is 10.6 Å². The molecule has 0 saturated heterocycles. The van der Waals surface area contributed by atoms with Crippen molar-refractivity contribution in [1.82, 2.24) is 9.80 Å². The minimum atomic E-state index is -0.172. The fraction of sp³-hybridized carbons (Fsp3) is 0.318. The minimum Gasteiger partial charge on any atom is -0.376 e. The molecule has 0 atom stereocenters. The monoisotopic (exact) mass is 396 g/mol. The third-order valence-electron chi connectivity index (χ3n) is 4.36. The first-order valence-corrected chi connectivity index (χ1v) is 9.41. The Morgan fingerprint density at radius 1 is 0.793 bits per heavy atom. The molecule has 2 aromatic rings. The van der Waals surface area contributed by atoms with Gasteiger partial charge in [0.15, 0.2) is 0 Å². The van der Waals surface area contributed by atoms with Gasteiger partial charge in [-0.1, -0.05) is 12.1 Å². The van der Waals surface area contributed by atoms with E-state index in [4.69, 9.17) is 0 Å². The van der Waals surface area contributed by atoms with Crippen molar-refractivity contribution in [2.24, 2.45) is 0 Å². The lowest BCUT2D eigenvalue weighted by molar-refractivity contribution is -0.128. The molecule has 0 radical (unpaired) electrons. The molecule has 0 aliphatic rings. The number of aryl methyl sites for hydroxylation is 1. The van der Waals surface area contributed by atoms with Crippen molar-refractivity contribution >= 4 is 29.1 Å². The number of carbonyl (C=O) groups excluding carboxylic acids is 3. The second-order valence-corrected chi connectivity index (χ2v) is 7.16. The van der Waals surface area contributed by atoms with Gasteiger partial charge in [0.05, 0.1) is 6.54 Å². The lowest BCUT2D eigenvalue weighted by atomic mass is 10.1. The number of hydrogen-bond acceptors (Lipinski definition) is 4. The highest BCUT2D eigenvalue weighted by atomic mass is 16.2. The smallest absolute Gasteiger partial charge is 0.253 e. The standard InChI is InChI=1S/C22H28N4O3/c1-25(2)21(28)14-7-16-5-10-19(11-6-16)24-20(27)15-23-18-12-8-17(9-13-18)22(29)26(3)4/h5-6,8-13,23H,7,14-15H2,1-4H3,(H,24,27). The zero-order chi connectivity index (χ0) is 21.4. The molecule has 0 heterocycles. The number of amides is 3. The molecule has 7 nitrogen and oxygen atoms in total. The second-order valence-electron chi connectivity index (χ2n) is 7.16. The molecule has 0 unspecified atom stereocenters.